The van der Waals surface area contributed by atoms with E-state index in [1.54, 1.807) is 0 Å². The number of hydrogen-bond donors (Lipinski definition) is 0. The summed E-state index contributed by atoms with van der Waals surface area (Å²) in [5, 5.41) is 0. The molecule has 1 aromatic carbocycles. The molecule has 2 aromatic rings. The van der Waals surface area contributed by atoms with Gasteiger partial charge in [0.15, 0.2) is 0 Å². The highest BCUT2D eigenvalue weighted by Gasteiger charge is 2.01. The van der Waals surface area contributed by atoms with E-state index in [1.807, 2.05) is 49.4 Å². The lowest BCUT2D eigenvalue weighted by molar-refractivity contribution is 0.293. The molecular weight excluding hydrogens is 234 g/mol. The van der Waals surface area contributed by atoms with Gasteiger partial charge in [0.25, 0.3) is 0 Å². The summed E-state index contributed by atoms with van der Waals surface area (Å²) in [5.41, 5.74) is 3.10. The van der Waals surface area contributed by atoms with Gasteiger partial charge >= 0.3 is 0 Å². The quantitative estimate of drug-likeness (QED) is 0.769. The van der Waals surface area contributed by atoms with Crippen molar-refractivity contribution in [3.05, 3.63) is 59.3 Å². The van der Waals surface area contributed by atoms with Crippen LogP contribution in [0.15, 0.2) is 42.5 Å². The third-order valence-electron chi connectivity index (χ3n) is 2.54. The first-order valence-electron chi connectivity index (χ1n) is 5.49. The van der Waals surface area contributed by atoms with Crippen LogP contribution in [-0.4, -0.2) is 4.98 Å². The van der Waals surface area contributed by atoms with Crippen molar-refractivity contribution in [3.63, 3.8) is 0 Å². The minimum absolute atomic E-state index is 0.484. The summed E-state index contributed by atoms with van der Waals surface area (Å²) in [6, 6.07) is 13.8. The van der Waals surface area contributed by atoms with E-state index in [9.17, 15) is 0 Å². The van der Waals surface area contributed by atoms with Gasteiger partial charge in [0.2, 0.25) is 5.88 Å². The molecule has 0 amide bonds. The molecule has 0 fully saturated rings. The van der Waals surface area contributed by atoms with Crippen molar-refractivity contribution in [2.24, 2.45) is 0 Å². The minimum Gasteiger partial charge on any atom is -0.473 e. The van der Waals surface area contributed by atoms with Gasteiger partial charge in [-0.05, 0) is 18.1 Å². The van der Waals surface area contributed by atoms with E-state index in [0.717, 1.165) is 16.8 Å². The number of alkyl halides is 1. The van der Waals surface area contributed by atoms with Gasteiger partial charge in [0.1, 0.15) is 6.61 Å². The molecule has 0 unspecified atom stereocenters. The number of ether oxygens (including phenoxy) is 1. The summed E-state index contributed by atoms with van der Waals surface area (Å²) in [5.74, 6) is 1.12. The molecule has 0 N–H and O–H groups in total. The summed E-state index contributed by atoms with van der Waals surface area (Å²) >= 11 is 5.78. The van der Waals surface area contributed by atoms with Crippen molar-refractivity contribution >= 4 is 11.6 Å². The van der Waals surface area contributed by atoms with Gasteiger partial charge in [0, 0.05) is 17.6 Å². The Bertz CT molecular complexity index is 485. The Morgan fingerprint density at radius 3 is 2.53 bits per heavy atom. The highest BCUT2D eigenvalue weighted by Crippen LogP contribution is 2.15. The summed E-state index contributed by atoms with van der Waals surface area (Å²) < 4.78 is 5.62. The van der Waals surface area contributed by atoms with Crippen molar-refractivity contribution in [2.75, 3.05) is 0 Å². The largest absolute Gasteiger partial charge is 0.473 e. The summed E-state index contributed by atoms with van der Waals surface area (Å²) in [4.78, 5) is 4.35. The maximum atomic E-state index is 5.78. The predicted octanol–water partition coefficient (Wildman–Crippen LogP) is 3.71. The maximum absolute atomic E-state index is 5.78. The molecule has 0 atom stereocenters. The topological polar surface area (TPSA) is 22.1 Å². The second-order valence-corrected chi connectivity index (χ2v) is 4.07. The average molecular weight is 248 g/mol. The lowest BCUT2D eigenvalue weighted by Crippen LogP contribution is -1.99. The second-order valence-electron chi connectivity index (χ2n) is 3.80. The fourth-order valence-corrected chi connectivity index (χ4v) is 1.80. The zero-order valence-electron chi connectivity index (χ0n) is 9.69. The Kier molecular flexibility index (Phi) is 3.99. The Labute approximate surface area is 106 Å². The highest BCUT2D eigenvalue weighted by atomic mass is 35.5. The first-order chi connectivity index (χ1) is 8.29. The lowest BCUT2D eigenvalue weighted by Gasteiger charge is -2.07. The fourth-order valence-electron chi connectivity index (χ4n) is 1.52. The molecule has 2 rings (SSSR count). The van der Waals surface area contributed by atoms with E-state index in [-0.39, 0.29) is 0 Å². The molecule has 1 aromatic heterocycles. The third-order valence-corrected chi connectivity index (χ3v) is 2.83. The van der Waals surface area contributed by atoms with E-state index in [2.05, 4.69) is 4.98 Å². The van der Waals surface area contributed by atoms with Crippen LogP contribution in [0.4, 0.5) is 0 Å². The van der Waals surface area contributed by atoms with Crippen molar-refractivity contribution in [1.82, 2.24) is 4.98 Å². The van der Waals surface area contributed by atoms with Crippen LogP contribution in [0.1, 0.15) is 16.8 Å². The van der Waals surface area contributed by atoms with Gasteiger partial charge in [-0.3, -0.25) is 0 Å². The minimum atomic E-state index is 0.484. The van der Waals surface area contributed by atoms with Gasteiger partial charge in [-0.15, -0.1) is 11.6 Å². The monoisotopic (exact) mass is 247 g/mol. The average Bonchev–Trinajstić information content (AvgIpc) is 2.38. The molecule has 0 saturated heterocycles. The normalized spacial score (nSPS) is 10.2. The van der Waals surface area contributed by atoms with Crippen LogP contribution >= 0.6 is 11.6 Å². The van der Waals surface area contributed by atoms with Crippen molar-refractivity contribution in [3.8, 4) is 5.88 Å². The third kappa shape index (κ3) is 3.21. The second kappa shape index (κ2) is 5.69. The molecule has 0 bridgehead atoms. The van der Waals surface area contributed by atoms with Crippen LogP contribution in [0.25, 0.3) is 0 Å². The van der Waals surface area contributed by atoms with Crippen LogP contribution in [0, 0.1) is 6.92 Å². The lowest BCUT2D eigenvalue weighted by atomic mass is 10.2. The molecule has 0 aliphatic heterocycles. The number of pyridine rings is 1. The molecule has 88 valence electrons. The van der Waals surface area contributed by atoms with Crippen LogP contribution in [-0.2, 0) is 12.5 Å². The van der Waals surface area contributed by atoms with Crippen molar-refractivity contribution in [2.45, 2.75) is 19.4 Å². The molecule has 17 heavy (non-hydrogen) atoms. The molecule has 1 heterocycles. The van der Waals surface area contributed by atoms with Gasteiger partial charge in [-0.25, -0.2) is 4.98 Å². The zero-order chi connectivity index (χ0) is 12.1. The molecule has 0 radical (unpaired) electrons. The number of hydrogen-bond acceptors (Lipinski definition) is 2. The van der Waals surface area contributed by atoms with Crippen LogP contribution in [0.3, 0.4) is 0 Å². The van der Waals surface area contributed by atoms with E-state index in [0.29, 0.717) is 18.4 Å². The van der Waals surface area contributed by atoms with Gasteiger partial charge in [-0.1, -0.05) is 36.4 Å². The molecule has 0 aliphatic rings. The first-order valence-corrected chi connectivity index (χ1v) is 6.02. The molecule has 0 aliphatic carbocycles. The van der Waals surface area contributed by atoms with E-state index < -0.39 is 0 Å². The Hall–Kier alpha value is -1.54. The fraction of sp³-hybridized carbons (Fsp3) is 0.214. The Morgan fingerprint density at radius 2 is 1.88 bits per heavy atom. The number of halogens is 1. The molecule has 0 saturated carbocycles. The van der Waals surface area contributed by atoms with Crippen LogP contribution < -0.4 is 4.74 Å². The van der Waals surface area contributed by atoms with Crippen molar-refractivity contribution in [1.29, 1.82) is 0 Å². The zero-order valence-corrected chi connectivity index (χ0v) is 10.4. The molecule has 3 heteroatoms. The highest BCUT2D eigenvalue weighted by molar-refractivity contribution is 6.17. The standard InChI is InChI=1S/C14H14ClNO/c1-11-13(9-15)7-8-14(16-11)17-10-12-5-3-2-4-6-12/h2-8H,9-10H2,1H3. The molecule has 2 nitrogen and oxygen atoms in total. The van der Waals surface area contributed by atoms with E-state index in [4.69, 9.17) is 16.3 Å². The number of benzene rings is 1. The van der Waals surface area contributed by atoms with E-state index in [1.165, 1.54) is 0 Å². The summed E-state index contributed by atoms with van der Waals surface area (Å²) in [7, 11) is 0. The van der Waals surface area contributed by atoms with Crippen molar-refractivity contribution < 1.29 is 4.74 Å². The smallest absolute Gasteiger partial charge is 0.213 e. The summed E-state index contributed by atoms with van der Waals surface area (Å²) in [6.07, 6.45) is 0. The number of aryl methyl sites for hydroxylation is 1. The molecular formula is C14H14ClNO. The number of aromatic nitrogens is 1. The van der Waals surface area contributed by atoms with Gasteiger partial charge in [-0.2, -0.15) is 0 Å². The SMILES string of the molecule is Cc1nc(OCc2ccccc2)ccc1CCl. The summed E-state index contributed by atoms with van der Waals surface area (Å²) in [6.45, 7) is 2.47. The Morgan fingerprint density at radius 1 is 1.12 bits per heavy atom. The van der Waals surface area contributed by atoms with Gasteiger partial charge < -0.3 is 4.74 Å². The maximum Gasteiger partial charge on any atom is 0.213 e. The first kappa shape index (κ1) is 11.9. The molecule has 0 spiro atoms. The predicted molar refractivity (Wildman–Crippen MR) is 69.3 cm³/mol. The number of nitrogens with zero attached hydrogens (tertiary/aromatic N) is 1. The number of rotatable bonds is 4. The Balaban J connectivity index is 2.02. The van der Waals surface area contributed by atoms with Crippen LogP contribution in [0.2, 0.25) is 0 Å². The van der Waals surface area contributed by atoms with E-state index >= 15 is 0 Å². The van der Waals surface area contributed by atoms with Gasteiger partial charge in [0.05, 0.1) is 0 Å². The van der Waals surface area contributed by atoms with Crippen LogP contribution in [0.5, 0.6) is 5.88 Å².